The number of carbonyl (C=O) groups is 3. The molecule has 0 unspecified atom stereocenters. The van der Waals surface area contributed by atoms with E-state index in [4.69, 9.17) is 20.1 Å². The highest BCUT2D eigenvalue weighted by Gasteiger charge is 2.31. The van der Waals surface area contributed by atoms with Crippen LogP contribution < -0.4 is 10.2 Å². The summed E-state index contributed by atoms with van der Waals surface area (Å²) in [7, 11) is 0. The second-order valence-electron chi connectivity index (χ2n) is 9.15. The molecule has 1 aliphatic rings. The molecular weight excluding hydrogens is 454 g/mol. The van der Waals surface area contributed by atoms with Gasteiger partial charge in [-0.15, -0.1) is 0 Å². The van der Waals surface area contributed by atoms with Crippen LogP contribution in [0.15, 0.2) is 30.3 Å². The summed E-state index contributed by atoms with van der Waals surface area (Å²) in [6, 6.07) is 7.51. The van der Waals surface area contributed by atoms with E-state index in [1.807, 2.05) is 20.8 Å². The lowest BCUT2D eigenvalue weighted by atomic mass is 9.84. The van der Waals surface area contributed by atoms with Gasteiger partial charge in [0.05, 0.1) is 18.7 Å². The van der Waals surface area contributed by atoms with Crippen molar-refractivity contribution in [1.82, 2.24) is 10.4 Å². The van der Waals surface area contributed by atoms with Crippen molar-refractivity contribution in [2.24, 2.45) is 0 Å². The summed E-state index contributed by atoms with van der Waals surface area (Å²) in [6.07, 6.45) is 0. The Kier molecular flexibility index (Phi) is 7.45. The number of fused-ring (bicyclic) bond motifs is 1. The molecule has 10 heteroatoms. The smallest absolute Gasteiger partial charge is 0.344 e. The minimum absolute atomic E-state index is 0.0362. The van der Waals surface area contributed by atoms with Crippen molar-refractivity contribution in [3.05, 3.63) is 58.1 Å². The molecule has 0 aliphatic carbocycles. The molecule has 35 heavy (non-hydrogen) atoms. The molecule has 4 N–H and O–H groups in total. The van der Waals surface area contributed by atoms with Gasteiger partial charge in [-0.1, -0.05) is 26.8 Å². The van der Waals surface area contributed by atoms with Gasteiger partial charge in [-0.3, -0.25) is 25.7 Å². The molecule has 186 valence electrons. The molecule has 10 nitrogen and oxygen atoms in total. The van der Waals surface area contributed by atoms with Crippen molar-refractivity contribution >= 4 is 23.5 Å². The number of aromatic hydroxyl groups is 1. The molecule has 0 atom stereocenters. The fourth-order valence-electron chi connectivity index (χ4n) is 3.82. The van der Waals surface area contributed by atoms with Crippen LogP contribution in [0.25, 0.3) is 0 Å². The number of ether oxygens (including phenoxy) is 2. The van der Waals surface area contributed by atoms with E-state index in [0.29, 0.717) is 22.3 Å². The van der Waals surface area contributed by atoms with E-state index in [2.05, 4.69) is 0 Å². The summed E-state index contributed by atoms with van der Waals surface area (Å²) >= 11 is 0. The summed E-state index contributed by atoms with van der Waals surface area (Å²) < 4.78 is 10.4. The fraction of sp³-hybridized carbons (Fsp3) is 0.360. The summed E-state index contributed by atoms with van der Waals surface area (Å²) in [5, 5.41) is 27.2. The SMILES string of the molecule is CCOC(=O)COc1cc(O)c(C(=O)CN2Cc3cc(C(=N)NO)ccc3C2=O)cc1C(C)(C)C. The van der Waals surface area contributed by atoms with E-state index >= 15 is 0 Å². The predicted octanol–water partition coefficient (Wildman–Crippen LogP) is 2.77. The number of phenolic OH excluding ortho intramolecular Hbond substituents is 1. The van der Waals surface area contributed by atoms with E-state index in [1.54, 1.807) is 24.5 Å². The number of Topliss-reactive ketones (excluding diaryl/α,β-unsaturated/α-hetero) is 1. The fourth-order valence-corrected chi connectivity index (χ4v) is 3.82. The van der Waals surface area contributed by atoms with E-state index in [-0.39, 0.29) is 55.1 Å². The van der Waals surface area contributed by atoms with Gasteiger partial charge in [0.25, 0.3) is 5.91 Å². The number of carbonyl (C=O) groups excluding carboxylic acids is 3. The van der Waals surface area contributed by atoms with Gasteiger partial charge >= 0.3 is 5.97 Å². The molecule has 1 aliphatic heterocycles. The van der Waals surface area contributed by atoms with Gasteiger partial charge in [0, 0.05) is 29.3 Å². The summed E-state index contributed by atoms with van der Waals surface area (Å²) in [4.78, 5) is 39.0. The molecular formula is C25H29N3O7. The summed E-state index contributed by atoms with van der Waals surface area (Å²) in [5.41, 5.74) is 3.37. The van der Waals surface area contributed by atoms with Crippen molar-refractivity contribution in [3.8, 4) is 11.5 Å². The van der Waals surface area contributed by atoms with Crippen LogP contribution in [0.2, 0.25) is 0 Å². The Bertz CT molecular complexity index is 1180. The van der Waals surface area contributed by atoms with Crippen molar-refractivity contribution in [1.29, 1.82) is 5.41 Å². The Morgan fingerprint density at radius 3 is 2.54 bits per heavy atom. The van der Waals surface area contributed by atoms with Crippen molar-refractivity contribution in [2.75, 3.05) is 19.8 Å². The molecule has 2 aromatic carbocycles. The van der Waals surface area contributed by atoms with Crippen LogP contribution >= 0.6 is 0 Å². The van der Waals surface area contributed by atoms with Crippen molar-refractivity contribution in [3.63, 3.8) is 0 Å². The highest BCUT2D eigenvalue weighted by atomic mass is 16.6. The van der Waals surface area contributed by atoms with Gasteiger partial charge in [-0.2, -0.15) is 0 Å². The molecule has 3 rings (SSSR count). The van der Waals surface area contributed by atoms with Crippen LogP contribution in [0.5, 0.6) is 11.5 Å². The minimum atomic E-state index is -0.549. The first kappa shape index (κ1) is 25.7. The number of hydrogen-bond donors (Lipinski definition) is 4. The lowest BCUT2D eigenvalue weighted by Crippen LogP contribution is -2.30. The van der Waals surface area contributed by atoms with E-state index in [9.17, 15) is 19.5 Å². The number of amides is 1. The number of amidine groups is 1. The van der Waals surface area contributed by atoms with Crippen LogP contribution in [0.1, 0.15) is 65.1 Å². The average Bonchev–Trinajstić information content (AvgIpc) is 3.10. The monoisotopic (exact) mass is 483 g/mol. The zero-order chi connectivity index (χ0) is 25.9. The van der Waals surface area contributed by atoms with Crippen molar-refractivity contribution in [2.45, 2.75) is 39.7 Å². The van der Waals surface area contributed by atoms with Crippen LogP contribution in [0.4, 0.5) is 0 Å². The average molecular weight is 484 g/mol. The maximum Gasteiger partial charge on any atom is 0.344 e. The summed E-state index contributed by atoms with van der Waals surface area (Å²) in [6.45, 7) is 7.17. The molecule has 0 bridgehead atoms. The molecule has 0 spiro atoms. The topological polar surface area (TPSA) is 149 Å². The lowest BCUT2D eigenvalue weighted by molar-refractivity contribution is -0.145. The number of ketones is 1. The third kappa shape index (κ3) is 5.60. The van der Waals surface area contributed by atoms with Gasteiger partial charge in [0.1, 0.15) is 17.3 Å². The lowest BCUT2D eigenvalue weighted by Gasteiger charge is -2.24. The van der Waals surface area contributed by atoms with Crippen molar-refractivity contribution < 1.29 is 34.2 Å². The van der Waals surface area contributed by atoms with Gasteiger partial charge in [-0.05, 0) is 36.1 Å². The summed E-state index contributed by atoms with van der Waals surface area (Å²) in [5.74, 6) is -1.62. The molecule has 2 aromatic rings. The standard InChI is InChI=1S/C25H29N3O7/c1-5-34-22(31)13-35-21-10-19(29)17(9-18(21)25(2,3)4)20(30)12-28-11-15-8-14(23(26)27-33)6-7-16(15)24(28)32/h6-10,29,33H,5,11-13H2,1-4H3,(H2,26,27). The maximum absolute atomic E-state index is 13.1. The van der Waals surface area contributed by atoms with Gasteiger partial charge in [-0.25, -0.2) is 4.79 Å². The van der Waals surface area contributed by atoms with E-state index in [0.717, 1.165) is 0 Å². The molecule has 1 amide bonds. The Hall–Kier alpha value is -3.92. The highest BCUT2D eigenvalue weighted by Crippen LogP contribution is 2.37. The Balaban J connectivity index is 1.83. The number of phenols is 1. The molecule has 0 saturated heterocycles. The molecule has 0 radical (unpaired) electrons. The Morgan fingerprint density at radius 1 is 1.20 bits per heavy atom. The number of hydroxylamine groups is 1. The maximum atomic E-state index is 13.1. The Labute approximate surface area is 202 Å². The minimum Gasteiger partial charge on any atom is -0.507 e. The molecule has 0 aromatic heterocycles. The second-order valence-corrected chi connectivity index (χ2v) is 9.15. The first-order valence-corrected chi connectivity index (χ1v) is 11.1. The van der Waals surface area contributed by atoms with E-state index in [1.165, 1.54) is 23.1 Å². The largest absolute Gasteiger partial charge is 0.507 e. The van der Waals surface area contributed by atoms with Crippen LogP contribution in [0, 0.1) is 5.41 Å². The molecule has 0 fully saturated rings. The quantitative estimate of drug-likeness (QED) is 0.147. The number of rotatable bonds is 8. The number of esters is 1. The zero-order valence-electron chi connectivity index (χ0n) is 20.1. The van der Waals surface area contributed by atoms with E-state index < -0.39 is 17.2 Å². The highest BCUT2D eigenvalue weighted by molar-refractivity contribution is 6.06. The third-order valence-corrected chi connectivity index (χ3v) is 5.58. The Morgan fingerprint density at radius 2 is 1.91 bits per heavy atom. The normalized spacial score (nSPS) is 12.8. The molecule has 1 heterocycles. The number of hydrogen-bond acceptors (Lipinski definition) is 8. The zero-order valence-corrected chi connectivity index (χ0v) is 20.1. The van der Waals surface area contributed by atoms with Gasteiger partial charge in [0.15, 0.2) is 12.4 Å². The van der Waals surface area contributed by atoms with Crippen LogP contribution in [-0.2, 0) is 21.5 Å². The molecule has 0 saturated carbocycles. The third-order valence-electron chi connectivity index (χ3n) is 5.58. The predicted molar refractivity (Wildman–Crippen MR) is 126 cm³/mol. The number of nitrogens with one attached hydrogen (secondary N) is 2. The van der Waals surface area contributed by atoms with Crippen LogP contribution in [-0.4, -0.2) is 58.5 Å². The first-order chi connectivity index (χ1) is 16.5. The van der Waals surface area contributed by atoms with Gasteiger partial charge < -0.3 is 19.5 Å². The number of nitrogens with zero attached hydrogens (tertiary/aromatic N) is 1. The second kappa shape index (κ2) is 10.1. The number of benzene rings is 2. The first-order valence-electron chi connectivity index (χ1n) is 11.1. The van der Waals surface area contributed by atoms with Gasteiger partial charge in [0.2, 0.25) is 0 Å². The van der Waals surface area contributed by atoms with Crippen LogP contribution in [0.3, 0.4) is 0 Å².